The molecule has 1 aromatic carbocycles. The molecule has 0 aliphatic carbocycles. The average molecular weight is 236 g/mol. The summed E-state index contributed by atoms with van der Waals surface area (Å²) in [5.41, 5.74) is -1.13. The highest BCUT2D eigenvalue weighted by Gasteiger charge is 2.43. The third-order valence-corrected chi connectivity index (χ3v) is 3.34. The number of carboxylic acids is 1. The molecule has 1 aromatic rings. The maximum Gasteiger partial charge on any atom is 0.348 e. The SMILES string of the molecule is CCC(C)C(CC)(Oc1ccccc1)C(=O)O. The Balaban J connectivity index is 3.03. The quantitative estimate of drug-likeness (QED) is 0.824. The van der Waals surface area contributed by atoms with Crippen LogP contribution in [0.1, 0.15) is 33.6 Å². The van der Waals surface area contributed by atoms with Gasteiger partial charge in [-0.3, -0.25) is 0 Å². The lowest BCUT2D eigenvalue weighted by Gasteiger charge is -2.34. The Hall–Kier alpha value is -1.51. The summed E-state index contributed by atoms with van der Waals surface area (Å²) in [4.78, 5) is 11.5. The van der Waals surface area contributed by atoms with Gasteiger partial charge in [0.05, 0.1) is 0 Å². The fourth-order valence-corrected chi connectivity index (χ4v) is 1.96. The molecule has 0 bridgehead atoms. The molecule has 0 spiro atoms. The first-order valence-corrected chi connectivity index (χ1v) is 6.04. The van der Waals surface area contributed by atoms with E-state index in [0.29, 0.717) is 12.2 Å². The first-order chi connectivity index (χ1) is 8.06. The first kappa shape index (κ1) is 13.6. The summed E-state index contributed by atoms with van der Waals surface area (Å²) in [5.74, 6) is -0.319. The normalized spacial score (nSPS) is 15.9. The van der Waals surface area contributed by atoms with Crippen LogP contribution in [0, 0.1) is 5.92 Å². The number of benzene rings is 1. The van der Waals surface area contributed by atoms with Crippen LogP contribution in [0.15, 0.2) is 30.3 Å². The van der Waals surface area contributed by atoms with Gasteiger partial charge in [-0.15, -0.1) is 0 Å². The summed E-state index contributed by atoms with van der Waals surface area (Å²) in [6.45, 7) is 5.75. The van der Waals surface area contributed by atoms with Crippen molar-refractivity contribution in [3.63, 3.8) is 0 Å². The third kappa shape index (κ3) is 2.78. The molecule has 0 aromatic heterocycles. The topological polar surface area (TPSA) is 46.5 Å². The maximum absolute atomic E-state index is 11.5. The van der Waals surface area contributed by atoms with Gasteiger partial charge in [0.15, 0.2) is 0 Å². The van der Waals surface area contributed by atoms with E-state index < -0.39 is 11.6 Å². The second-order valence-electron chi connectivity index (χ2n) is 4.27. The first-order valence-electron chi connectivity index (χ1n) is 6.04. The molecule has 1 N–H and O–H groups in total. The molecule has 94 valence electrons. The van der Waals surface area contributed by atoms with Crippen LogP contribution < -0.4 is 4.74 Å². The number of carbonyl (C=O) groups is 1. The third-order valence-electron chi connectivity index (χ3n) is 3.34. The monoisotopic (exact) mass is 236 g/mol. The summed E-state index contributed by atoms with van der Waals surface area (Å²) in [7, 11) is 0. The van der Waals surface area contributed by atoms with Crippen molar-refractivity contribution in [2.24, 2.45) is 5.92 Å². The van der Waals surface area contributed by atoms with Crippen LogP contribution in [-0.2, 0) is 4.79 Å². The molecule has 0 fully saturated rings. The minimum Gasteiger partial charge on any atom is -0.478 e. The molecule has 0 amide bonds. The van der Waals surface area contributed by atoms with Gasteiger partial charge in [-0.2, -0.15) is 0 Å². The molecule has 3 nitrogen and oxygen atoms in total. The van der Waals surface area contributed by atoms with Gasteiger partial charge in [0, 0.05) is 5.92 Å². The van der Waals surface area contributed by atoms with Gasteiger partial charge >= 0.3 is 5.97 Å². The van der Waals surface area contributed by atoms with Gasteiger partial charge in [-0.05, 0) is 25.0 Å². The van der Waals surface area contributed by atoms with E-state index in [1.165, 1.54) is 0 Å². The Bertz CT molecular complexity index is 361. The lowest BCUT2D eigenvalue weighted by Crippen LogP contribution is -2.49. The van der Waals surface area contributed by atoms with Gasteiger partial charge in [-0.25, -0.2) is 4.79 Å². The zero-order valence-electron chi connectivity index (χ0n) is 10.6. The zero-order chi connectivity index (χ0) is 12.9. The van der Waals surface area contributed by atoms with Crippen LogP contribution in [-0.4, -0.2) is 16.7 Å². The lowest BCUT2D eigenvalue weighted by atomic mass is 9.84. The lowest BCUT2D eigenvalue weighted by molar-refractivity contribution is -0.161. The highest BCUT2D eigenvalue weighted by molar-refractivity contribution is 5.78. The van der Waals surface area contributed by atoms with E-state index in [1.807, 2.05) is 39.0 Å². The van der Waals surface area contributed by atoms with Crippen LogP contribution in [0.25, 0.3) is 0 Å². The molecule has 0 radical (unpaired) electrons. The predicted octanol–water partition coefficient (Wildman–Crippen LogP) is 3.34. The van der Waals surface area contributed by atoms with E-state index >= 15 is 0 Å². The second-order valence-corrected chi connectivity index (χ2v) is 4.27. The summed E-state index contributed by atoms with van der Waals surface area (Å²) in [5, 5.41) is 9.46. The molecule has 17 heavy (non-hydrogen) atoms. The Labute approximate surface area is 102 Å². The number of ether oxygens (including phenoxy) is 1. The summed E-state index contributed by atoms with van der Waals surface area (Å²) < 4.78 is 5.77. The fourth-order valence-electron chi connectivity index (χ4n) is 1.96. The molecule has 3 heteroatoms. The second kappa shape index (κ2) is 5.71. The number of hydrogen-bond donors (Lipinski definition) is 1. The largest absolute Gasteiger partial charge is 0.478 e. The van der Waals surface area contributed by atoms with Gasteiger partial charge in [0.25, 0.3) is 0 Å². The Morgan fingerprint density at radius 2 is 1.94 bits per heavy atom. The minimum atomic E-state index is -1.13. The van der Waals surface area contributed by atoms with Crippen molar-refractivity contribution in [1.82, 2.24) is 0 Å². The Kier molecular flexibility index (Phi) is 4.55. The van der Waals surface area contributed by atoms with Crippen molar-refractivity contribution in [2.75, 3.05) is 0 Å². The van der Waals surface area contributed by atoms with E-state index in [2.05, 4.69) is 0 Å². The molecule has 0 aliphatic heterocycles. The molecule has 0 heterocycles. The molecule has 0 saturated carbocycles. The van der Waals surface area contributed by atoms with Crippen LogP contribution in [0.3, 0.4) is 0 Å². The number of hydrogen-bond acceptors (Lipinski definition) is 2. The molecule has 2 unspecified atom stereocenters. The number of aliphatic carboxylic acids is 1. The van der Waals surface area contributed by atoms with Gasteiger partial charge in [0.2, 0.25) is 5.60 Å². The van der Waals surface area contributed by atoms with Crippen molar-refractivity contribution in [1.29, 1.82) is 0 Å². The van der Waals surface area contributed by atoms with Crippen LogP contribution >= 0.6 is 0 Å². The highest BCUT2D eigenvalue weighted by atomic mass is 16.5. The van der Waals surface area contributed by atoms with E-state index in [9.17, 15) is 9.90 Å². The predicted molar refractivity (Wildman–Crippen MR) is 67.2 cm³/mol. The molecule has 0 aliphatic rings. The smallest absolute Gasteiger partial charge is 0.348 e. The molecular formula is C14H20O3. The summed E-state index contributed by atoms with van der Waals surface area (Å²) in [6, 6.07) is 9.14. The van der Waals surface area contributed by atoms with Crippen molar-refractivity contribution in [3.8, 4) is 5.75 Å². The molecule has 2 atom stereocenters. The molecule has 0 saturated heterocycles. The van der Waals surface area contributed by atoms with E-state index in [0.717, 1.165) is 6.42 Å². The molecule has 1 rings (SSSR count). The molecular weight excluding hydrogens is 216 g/mol. The van der Waals surface area contributed by atoms with Gasteiger partial charge in [0.1, 0.15) is 5.75 Å². The Morgan fingerprint density at radius 3 is 2.35 bits per heavy atom. The minimum absolute atomic E-state index is 0.0368. The van der Waals surface area contributed by atoms with E-state index in [1.54, 1.807) is 12.1 Å². The fraction of sp³-hybridized carbons (Fsp3) is 0.500. The average Bonchev–Trinajstić information content (AvgIpc) is 2.36. The van der Waals surface area contributed by atoms with E-state index in [-0.39, 0.29) is 5.92 Å². The van der Waals surface area contributed by atoms with Crippen LogP contribution in [0.4, 0.5) is 0 Å². The van der Waals surface area contributed by atoms with Crippen molar-refractivity contribution in [3.05, 3.63) is 30.3 Å². The number of para-hydroxylation sites is 1. The van der Waals surface area contributed by atoms with E-state index in [4.69, 9.17) is 4.74 Å². The standard InChI is InChI=1S/C14H20O3/c1-4-11(3)14(5-2,13(15)16)17-12-9-7-6-8-10-12/h6-11H,4-5H2,1-3H3,(H,15,16). The number of carboxylic acid groups (broad SMARTS) is 1. The van der Waals surface area contributed by atoms with Gasteiger partial charge < -0.3 is 9.84 Å². The maximum atomic E-state index is 11.5. The zero-order valence-corrected chi connectivity index (χ0v) is 10.6. The van der Waals surface area contributed by atoms with Gasteiger partial charge in [-0.1, -0.05) is 39.0 Å². The van der Waals surface area contributed by atoms with Crippen LogP contribution in [0.2, 0.25) is 0 Å². The summed E-state index contributed by atoms with van der Waals surface area (Å²) >= 11 is 0. The summed E-state index contributed by atoms with van der Waals surface area (Å²) in [6.07, 6.45) is 1.22. The Morgan fingerprint density at radius 1 is 1.35 bits per heavy atom. The number of rotatable bonds is 6. The van der Waals surface area contributed by atoms with Crippen LogP contribution in [0.5, 0.6) is 5.75 Å². The van der Waals surface area contributed by atoms with Crippen molar-refractivity contribution in [2.45, 2.75) is 39.2 Å². The van der Waals surface area contributed by atoms with Crippen molar-refractivity contribution < 1.29 is 14.6 Å². The van der Waals surface area contributed by atoms with Crippen molar-refractivity contribution >= 4 is 5.97 Å². The highest BCUT2D eigenvalue weighted by Crippen LogP contribution is 2.30.